The van der Waals surface area contributed by atoms with Crippen molar-refractivity contribution in [2.75, 3.05) is 14.2 Å². The molecule has 0 bridgehead atoms. The molecule has 0 radical (unpaired) electrons. The molecule has 2 rings (SSSR count). The van der Waals surface area contributed by atoms with Gasteiger partial charge in [0.2, 0.25) is 5.41 Å². The van der Waals surface area contributed by atoms with Crippen molar-refractivity contribution in [3.8, 4) is 0 Å². The predicted octanol–water partition coefficient (Wildman–Crippen LogP) is 3.55. The fourth-order valence-electron chi connectivity index (χ4n) is 3.41. The van der Waals surface area contributed by atoms with E-state index in [1.54, 1.807) is 0 Å². The molecule has 0 N–H and O–H groups in total. The largest absolute Gasteiger partial charge is 0.468 e. The van der Waals surface area contributed by atoms with Crippen molar-refractivity contribution in [3.05, 3.63) is 69.8 Å². The molecule has 0 amide bonds. The topological polar surface area (TPSA) is 52.6 Å². The first-order valence-electron chi connectivity index (χ1n) is 8.10. The van der Waals surface area contributed by atoms with Crippen molar-refractivity contribution in [3.63, 3.8) is 0 Å². The van der Waals surface area contributed by atoms with Crippen LogP contribution in [0.5, 0.6) is 0 Å². The first kappa shape index (κ1) is 18.7. The zero-order valence-corrected chi connectivity index (χ0v) is 15.6. The number of hydrogen-bond acceptors (Lipinski definition) is 4. The van der Waals surface area contributed by atoms with E-state index >= 15 is 0 Å². The van der Waals surface area contributed by atoms with Crippen LogP contribution in [0.25, 0.3) is 0 Å². The highest BCUT2D eigenvalue weighted by atomic mass is 16.5. The number of hydrogen-bond donors (Lipinski definition) is 0. The van der Waals surface area contributed by atoms with E-state index in [1.165, 1.54) is 14.2 Å². The molecule has 0 spiro atoms. The Labute approximate surface area is 148 Å². The van der Waals surface area contributed by atoms with Crippen molar-refractivity contribution in [2.45, 2.75) is 33.1 Å². The standard InChI is InChI=1S/C21H24O4/c1-13-7-14(2)10-17(9-13)21(19(22)24-5,20(23)25-6)18-11-15(3)8-16(4)12-18/h7-12H,1-6H3. The average molecular weight is 340 g/mol. The van der Waals surface area contributed by atoms with Gasteiger partial charge in [-0.2, -0.15) is 0 Å². The minimum Gasteiger partial charge on any atom is -0.468 e. The maximum absolute atomic E-state index is 13.0. The Kier molecular flexibility index (Phi) is 5.31. The quantitative estimate of drug-likeness (QED) is 0.631. The van der Waals surface area contributed by atoms with Gasteiger partial charge in [-0.3, -0.25) is 9.59 Å². The number of methoxy groups -OCH3 is 2. The number of carbonyl (C=O) groups excluding carboxylic acids is 2. The van der Waals surface area contributed by atoms with E-state index < -0.39 is 17.4 Å². The summed E-state index contributed by atoms with van der Waals surface area (Å²) in [6.07, 6.45) is 0. The summed E-state index contributed by atoms with van der Waals surface area (Å²) >= 11 is 0. The minimum absolute atomic E-state index is 0.550. The average Bonchev–Trinajstić information content (AvgIpc) is 2.53. The second kappa shape index (κ2) is 7.09. The molecule has 0 fully saturated rings. The fraction of sp³-hybridized carbons (Fsp3) is 0.333. The lowest BCUT2D eigenvalue weighted by Gasteiger charge is -2.30. The second-order valence-electron chi connectivity index (χ2n) is 6.49. The normalized spacial score (nSPS) is 11.1. The molecule has 0 saturated heterocycles. The van der Waals surface area contributed by atoms with Crippen LogP contribution in [-0.4, -0.2) is 26.2 Å². The number of carbonyl (C=O) groups is 2. The molecule has 4 heteroatoms. The van der Waals surface area contributed by atoms with E-state index in [0.29, 0.717) is 11.1 Å². The Morgan fingerprint density at radius 1 is 0.640 bits per heavy atom. The number of aryl methyl sites for hydroxylation is 4. The van der Waals surface area contributed by atoms with E-state index in [0.717, 1.165) is 22.3 Å². The van der Waals surface area contributed by atoms with Gasteiger partial charge in [-0.05, 0) is 38.8 Å². The van der Waals surface area contributed by atoms with Gasteiger partial charge >= 0.3 is 11.9 Å². The highest BCUT2D eigenvalue weighted by Gasteiger charge is 2.52. The van der Waals surface area contributed by atoms with E-state index in [9.17, 15) is 9.59 Å². The van der Waals surface area contributed by atoms with Gasteiger partial charge in [-0.15, -0.1) is 0 Å². The zero-order chi connectivity index (χ0) is 18.8. The van der Waals surface area contributed by atoms with Gasteiger partial charge in [0.05, 0.1) is 14.2 Å². The molecule has 0 aliphatic rings. The van der Waals surface area contributed by atoms with Crippen molar-refractivity contribution >= 4 is 11.9 Å². The zero-order valence-electron chi connectivity index (χ0n) is 15.6. The first-order chi connectivity index (χ1) is 11.7. The van der Waals surface area contributed by atoms with Crippen LogP contribution in [0.15, 0.2) is 36.4 Å². The predicted molar refractivity (Wildman–Crippen MR) is 96.6 cm³/mol. The van der Waals surface area contributed by atoms with Crippen molar-refractivity contribution in [1.82, 2.24) is 0 Å². The number of benzene rings is 2. The van der Waals surface area contributed by atoms with Crippen LogP contribution in [-0.2, 0) is 24.5 Å². The molecular formula is C21H24O4. The number of rotatable bonds is 4. The molecule has 0 aliphatic carbocycles. The third-order valence-corrected chi connectivity index (χ3v) is 4.29. The molecule has 0 heterocycles. The van der Waals surface area contributed by atoms with Gasteiger partial charge < -0.3 is 9.47 Å². The maximum Gasteiger partial charge on any atom is 0.332 e. The van der Waals surface area contributed by atoms with Crippen LogP contribution in [0.4, 0.5) is 0 Å². The summed E-state index contributed by atoms with van der Waals surface area (Å²) in [6, 6.07) is 11.3. The Morgan fingerprint density at radius 3 is 1.16 bits per heavy atom. The lowest BCUT2D eigenvalue weighted by Crippen LogP contribution is -2.46. The van der Waals surface area contributed by atoms with Gasteiger partial charge in [0, 0.05) is 0 Å². The van der Waals surface area contributed by atoms with Crippen LogP contribution in [0.2, 0.25) is 0 Å². The summed E-state index contributed by atoms with van der Waals surface area (Å²) in [5.74, 6) is -1.32. The molecular weight excluding hydrogens is 316 g/mol. The van der Waals surface area contributed by atoms with E-state index in [2.05, 4.69) is 0 Å². The molecule has 0 unspecified atom stereocenters. The molecule has 25 heavy (non-hydrogen) atoms. The summed E-state index contributed by atoms with van der Waals surface area (Å²) in [5, 5.41) is 0. The lowest BCUT2D eigenvalue weighted by atomic mass is 9.72. The Balaban J connectivity index is 2.95. The fourth-order valence-corrected chi connectivity index (χ4v) is 3.41. The third kappa shape index (κ3) is 3.29. The minimum atomic E-state index is -1.66. The third-order valence-electron chi connectivity index (χ3n) is 4.29. The van der Waals surface area contributed by atoms with Crippen molar-refractivity contribution < 1.29 is 19.1 Å². The van der Waals surface area contributed by atoms with Gasteiger partial charge in [-0.1, -0.05) is 58.7 Å². The van der Waals surface area contributed by atoms with E-state index in [1.807, 2.05) is 64.1 Å². The van der Waals surface area contributed by atoms with Gasteiger partial charge in [0.1, 0.15) is 0 Å². The summed E-state index contributed by atoms with van der Waals surface area (Å²) in [7, 11) is 2.57. The van der Waals surface area contributed by atoms with Gasteiger partial charge in [-0.25, -0.2) is 0 Å². The van der Waals surface area contributed by atoms with Crippen LogP contribution in [0, 0.1) is 27.7 Å². The first-order valence-corrected chi connectivity index (χ1v) is 8.10. The van der Waals surface area contributed by atoms with E-state index in [-0.39, 0.29) is 0 Å². The molecule has 0 saturated carbocycles. The summed E-state index contributed by atoms with van der Waals surface area (Å²) in [6.45, 7) is 7.71. The Bertz CT molecular complexity index is 711. The molecule has 132 valence electrons. The molecule has 0 aliphatic heterocycles. The summed E-state index contributed by atoms with van der Waals surface area (Å²) in [4.78, 5) is 25.9. The van der Waals surface area contributed by atoms with Gasteiger partial charge in [0.25, 0.3) is 0 Å². The molecule has 0 atom stereocenters. The smallest absolute Gasteiger partial charge is 0.332 e. The molecule has 0 aromatic heterocycles. The second-order valence-corrected chi connectivity index (χ2v) is 6.49. The molecule has 4 nitrogen and oxygen atoms in total. The monoisotopic (exact) mass is 340 g/mol. The van der Waals surface area contributed by atoms with Crippen LogP contribution in [0.3, 0.4) is 0 Å². The van der Waals surface area contributed by atoms with Crippen LogP contribution in [0.1, 0.15) is 33.4 Å². The van der Waals surface area contributed by atoms with Crippen LogP contribution >= 0.6 is 0 Å². The summed E-state index contributed by atoms with van der Waals surface area (Å²) in [5.41, 5.74) is 3.26. The van der Waals surface area contributed by atoms with Crippen molar-refractivity contribution in [1.29, 1.82) is 0 Å². The number of esters is 2. The van der Waals surface area contributed by atoms with Crippen LogP contribution < -0.4 is 0 Å². The highest BCUT2D eigenvalue weighted by molar-refractivity contribution is 6.10. The highest BCUT2D eigenvalue weighted by Crippen LogP contribution is 2.37. The molecule has 2 aromatic rings. The Hall–Kier alpha value is -2.62. The molecule has 2 aromatic carbocycles. The lowest BCUT2D eigenvalue weighted by molar-refractivity contribution is -0.159. The Morgan fingerprint density at radius 2 is 0.920 bits per heavy atom. The maximum atomic E-state index is 13.0. The SMILES string of the molecule is COC(=O)C(C(=O)OC)(c1cc(C)cc(C)c1)c1cc(C)cc(C)c1. The number of ether oxygens (including phenoxy) is 2. The summed E-state index contributed by atoms with van der Waals surface area (Å²) < 4.78 is 10.1. The van der Waals surface area contributed by atoms with Crippen molar-refractivity contribution in [2.24, 2.45) is 0 Å². The van der Waals surface area contributed by atoms with Gasteiger partial charge in [0.15, 0.2) is 0 Å². The van der Waals surface area contributed by atoms with E-state index in [4.69, 9.17) is 9.47 Å².